The van der Waals surface area contributed by atoms with Crippen molar-refractivity contribution in [3.63, 3.8) is 0 Å². The maximum absolute atomic E-state index is 14.5. The van der Waals surface area contributed by atoms with Crippen molar-refractivity contribution in [2.45, 2.75) is 58.5 Å². The van der Waals surface area contributed by atoms with Gasteiger partial charge in [-0.1, -0.05) is 57.2 Å². The van der Waals surface area contributed by atoms with Crippen molar-refractivity contribution in [2.24, 2.45) is 5.92 Å². The van der Waals surface area contributed by atoms with E-state index in [1.165, 1.54) is 23.8 Å². The Morgan fingerprint density at radius 2 is 1.61 bits per heavy atom. The zero-order valence-electron chi connectivity index (χ0n) is 17.3. The van der Waals surface area contributed by atoms with Crippen LogP contribution >= 0.6 is 0 Å². The second-order valence-corrected chi connectivity index (χ2v) is 7.77. The van der Waals surface area contributed by atoms with E-state index in [-0.39, 0.29) is 17.5 Å². The molecular formula is C24H30F2N2. The van der Waals surface area contributed by atoms with Gasteiger partial charge in [0.25, 0.3) is 0 Å². The first kappa shape index (κ1) is 22.0. The minimum atomic E-state index is -1.18. The van der Waals surface area contributed by atoms with Gasteiger partial charge in [-0.3, -0.25) is 4.90 Å². The van der Waals surface area contributed by atoms with E-state index in [0.29, 0.717) is 12.8 Å². The molecule has 0 aliphatic heterocycles. The van der Waals surface area contributed by atoms with Gasteiger partial charge in [-0.25, -0.2) is 8.78 Å². The van der Waals surface area contributed by atoms with Crippen LogP contribution in [0.25, 0.3) is 0 Å². The number of benzene rings is 2. The van der Waals surface area contributed by atoms with Crippen LogP contribution in [0, 0.1) is 28.9 Å². The molecule has 0 aromatic heterocycles. The number of hydrogen-bond donors (Lipinski definition) is 0. The summed E-state index contributed by atoms with van der Waals surface area (Å²) in [6.45, 7) is 9.63. The maximum Gasteiger partial charge on any atom is 0.130 e. The lowest BCUT2D eigenvalue weighted by Crippen LogP contribution is -2.37. The van der Waals surface area contributed by atoms with E-state index in [1.807, 2.05) is 32.0 Å². The molecule has 2 aromatic rings. The minimum Gasteiger partial charge on any atom is -0.297 e. The lowest BCUT2D eigenvalue weighted by Gasteiger charge is -2.35. The molecular weight excluding hydrogens is 354 g/mol. The zero-order valence-corrected chi connectivity index (χ0v) is 17.3. The predicted molar refractivity (Wildman–Crippen MR) is 110 cm³/mol. The van der Waals surface area contributed by atoms with E-state index in [4.69, 9.17) is 0 Å². The molecule has 0 heterocycles. The normalized spacial score (nSPS) is 14.7. The van der Waals surface area contributed by atoms with Crippen LogP contribution in [0.15, 0.2) is 48.5 Å². The monoisotopic (exact) mass is 384 g/mol. The molecule has 0 radical (unpaired) electrons. The van der Waals surface area contributed by atoms with E-state index in [2.05, 4.69) is 36.9 Å². The third-order valence-corrected chi connectivity index (χ3v) is 5.81. The Bertz CT molecular complexity index is 778. The van der Waals surface area contributed by atoms with Gasteiger partial charge in [-0.2, -0.15) is 5.26 Å². The SMILES string of the molecule is CCN(Cc1ccccc1)C(C)CCC(C#N)(c1c(F)cccc1F)C(C)C. The molecule has 0 aliphatic rings. The summed E-state index contributed by atoms with van der Waals surface area (Å²) in [5, 5.41) is 10.00. The van der Waals surface area contributed by atoms with Gasteiger partial charge in [0.05, 0.1) is 11.5 Å². The molecule has 0 fully saturated rings. The molecule has 0 amide bonds. The number of nitriles is 1. The first-order valence-corrected chi connectivity index (χ1v) is 9.99. The molecule has 0 bridgehead atoms. The average molecular weight is 385 g/mol. The molecule has 0 aliphatic carbocycles. The summed E-state index contributed by atoms with van der Waals surface area (Å²) in [5.74, 6) is -1.49. The Morgan fingerprint density at radius 3 is 2.11 bits per heavy atom. The van der Waals surface area contributed by atoms with E-state index in [9.17, 15) is 14.0 Å². The highest BCUT2D eigenvalue weighted by Crippen LogP contribution is 2.40. The topological polar surface area (TPSA) is 27.0 Å². The lowest BCUT2D eigenvalue weighted by molar-refractivity contribution is 0.184. The van der Waals surface area contributed by atoms with Crippen LogP contribution in [0.2, 0.25) is 0 Å². The van der Waals surface area contributed by atoms with E-state index >= 15 is 0 Å². The van der Waals surface area contributed by atoms with Crippen LogP contribution in [0.1, 0.15) is 51.7 Å². The fourth-order valence-corrected chi connectivity index (χ4v) is 3.88. The first-order chi connectivity index (χ1) is 13.4. The quantitative estimate of drug-likeness (QED) is 0.524. The highest BCUT2D eigenvalue weighted by molar-refractivity contribution is 5.36. The van der Waals surface area contributed by atoms with E-state index < -0.39 is 17.0 Å². The maximum atomic E-state index is 14.5. The molecule has 0 spiro atoms. The summed E-state index contributed by atoms with van der Waals surface area (Å²) < 4.78 is 29.1. The number of rotatable bonds is 9. The lowest BCUT2D eigenvalue weighted by atomic mass is 9.69. The van der Waals surface area contributed by atoms with Gasteiger partial charge in [0.1, 0.15) is 11.6 Å². The third-order valence-electron chi connectivity index (χ3n) is 5.81. The van der Waals surface area contributed by atoms with Crippen LogP contribution in [0.5, 0.6) is 0 Å². The second-order valence-electron chi connectivity index (χ2n) is 7.77. The highest BCUT2D eigenvalue weighted by Gasteiger charge is 2.40. The van der Waals surface area contributed by atoms with Gasteiger partial charge in [0.2, 0.25) is 0 Å². The average Bonchev–Trinajstić information content (AvgIpc) is 2.68. The number of hydrogen-bond acceptors (Lipinski definition) is 2. The minimum absolute atomic E-state index is 0.0918. The molecule has 2 nitrogen and oxygen atoms in total. The number of nitrogens with zero attached hydrogens (tertiary/aromatic N) is 2. The van der Waals surface area contributed by atoms with Crippen molar-refractivity contribution in [3.05, 3.63) is 71.3 Å². The fraction of sp³-hybridized carbons (Fsp3) is 0.458. The van der Waals surface area contributed by atoms with Crippen molar-refractivity contribution in [3.8, 4) is 6.07 Å². The van der Waals surface area contributed by atoms with Crippen molar-refractivity contribution >= 4 is 0 Å². The third kappa shape index (κ3) is 4.77. The van der Waals surface area contributed by atoms with Crippen LogP contribution in [-0.2, 0) is 12.0 Å². The summed E-state index contributed by atoms with van der Waals surface area (Å²) in [6, 6.07) is 16.5. The van der Waals surface area contributed by atoms with Crippen molar-refractivity contribution in [2.75, 3.05) is 6.54 Å². The van der Waals surface area contributed by atoms with Gasteiger partial charge in [0, 0.05) is 18.2 Å². The van der Waals surface area contributed by atoms with Crippen LogP contribution in [0.3, 0.4) is 0 Å². The number of halogens is 2. The van der Waals surface area contributed by atoms with Crippen molar-refractivity contribution < 1.29 is 8.78 Å². The molecule has 150 valence electrons. The Hall–Kier alpha value is -2.25. The van der Waals surface area contributed by atoms with E-state index in [0.717, 1.165) is 13.1 Å². The Balaban J connectivity index is 2.22. The van der Waals surface area contributed by atoms with Gasteiger partial charge in [-0.05, 0) is 49.9 Å². The first-order valence-electron chi connectivity index (χ1n) is 9.99. The molecule has 2 unspecified atom stereocenters. The molecule has 2 rings (SSSR count). The van der Waals surface area contributed by atoms with Crippen molar-refractivity contribution in [1.82, 2.24) is 4.90 Å². The smallest absolute Gasteiger partial charge is 0.130 e. The highest BCUT2D eigenvalue weighted by atomic mass is 19.1. The summed E-state index contributed by atoms with van der Waals surface area (Å²) in [5.41, 5.74) is -0.0480. The second kappa shape index (κ2) is 9.80. The Kier molecular flexibility index (Phi) is 7.71. The van der Waals surface area contributed by atoms with Crippen LogP contribution < -0.4 is 0 Å². The fourth-order valence-electron chi connectivity index (χ4n) is 3.88. The molecule has 0 saturated heterocycles. The Labute approximate surface area is 167 Å². The van der Waals surface area contributed by atoms with E-state index in [1.54, 1.807) is 0 Å². The van der Waals surface area contributed by atoms with Gasteiger partial charge < -0.3 is 0 Å². The molecule has 0 saturated carbocycles. The molecule has 0 N–H and O–H groups in total. The van der Waals surface area contributed by atoms with Crippen molar-refractivity contribution in [1.29, 1.82) is 5.26 Å². The summed E-state index contributed by atoms with van der Waals surface area (Å²) in [7, 11) is 0. The molecule has 28 heavy (non-hydrogen) atoms. The molecule has 4 heteroatoms. The molecule has 2 aromatic carbocycles. The summed E-state index contributed by atoms with van der Waals surface area (Å²) >= 11 is 0. The van der Waals surface area contributed by atoms with Gasteiger partial charge in [-0.15, -0.1) is 0 Å². The van der Waals surface area contributed by atoms with Crippen LogP contribution in [0.4, 0.5) is 8.78 Å². The van der Waals surface area contributed by atoms with Gasteiger partial charge in [0.15, 0.2) is 0 Å². The molecule has 2 atom stereocenters. The standard InChI is InChI=1S/C24H30F2N2/c1-5-28(16-20-10-7-6-8-11-20)19(4)14-15-24(17-27,18(2)3)23-21(25)12-9-13-22(23)26/h6-13,18-19H,5,14-16H2,1-4H3. The summed E-state index contributed by atoms with van der Waals surface area (Å²) in [4.78, 5) is 2.33. The zero-order chi connectivity index (χ0) is 20.7. The van der Waals surface area contributed by atoms with Gasteiger partial charge >= 0.3 is 0 Å². The largest absolute Gasteiger partial charge is 0.297 e. The van der Waals surface area contributed by atoms with Crippen LogP contribution in [-0.4, -0.2) is 17.5 Å². The Morgan fingerprint density at radius 1 is 1.00 bits per heavy atom. The summed E-state index contributed by atoms with van der Waals surface area (Å²) in [6.07, 6.45) is 1.09. The predicted octanol–water partition coefficient (Wildman–Crippen LogP) is 6.07.